The van der Waals surface area contributed by atoms with E-state index in [2.05, 4.69) is 16.0 Å². The first-order valence-corrected chi connectivity index (χ1v) is 6.83. The molecule has 2 aromatic rings. The van der Waals surface area contributed by atoms with Crippen LogP contribution in [0.3, 0.4) is 0 Å². The third-order valence-corrected chi connectivity index (χ3v) is 3.47. The Labute approximate surface area is 135 Å². The van der Waals surface area contributed by atoms with Crippen molar-refractivity contribution in [3.05, 3.63) is 62.5 Å². The molecule has 0 unspecified atom stereocenters. The summed E-state index contributed by atoms with van der Waals surface area (Å²) in [5.41, 5.74) is -0.791. The highest BCUT2D eigenvalue weighted by Gasteiger charge is 2.31. The summed E-state index contributed by atoms with van der Waals surface area (Å²) in [5.74, 6) is -0.727. The second-order valence-corrected chi connectivity index (χ2v) is 4.90. The van der Waals surface area contributed by atoms with Gasteiger partial charge in [-0.15, -0.1) is 0 Å². The van der Waals surface area contributed by atoms with Crippen molar-refractivity contribution in [2.75, 3.05) is 27.8 Å². The van der Waals surface area contributed by atoms with Gasteiger partial charge in [0, 0.05) is 17.4 Å². The van der Waals surface area contributed by atoms with Crippen molar-refractivity contribution >= 4 is 34.3 Å². The number of carbonyl (C=O) groups excluding carboxylic acids is 1. The lowest BCUT2D eigenvalue weighted by Gasteiger charge is -2.38. The number of hydrogen-bond donors (Lipinski definition) is 3. The number of nitro benzene ring substituents is 1. The zero-order chi connectivity index (χ0) is 17.3. The highest BCUT2D eigenvalue weighted by molar-refractivity contribution is 6.15. The van der Waals surface area contributed by atoms with Gasteiger partial charge in [-0.2, -0.15) is 0 Å². The number of benzene rings is 2. The van der Waals surface area contributed by atoms with E-state index in [1.807, 2.05) is 0 Å². The first-order valence-electron chi connectivity index (χ1n) is 6.83. The molecule has 0 atom stereocenters. The van der Waals surface area contributed by atoms with E-state index in [1.165, 1.54) is 0 Å². The molecule has 0 spiro atoms. The van der Waals surface area contributed by atoms with Gasteiger partial charge in [0.05, 0.1) is 23.0 Å². The number of carbonyl (C=O) groups is 1. The SMILES string of the molecule is O=C(Nc1ccccc1)c1c([N+](=O)[O-])cc(N([O-])[O-])c2c1NCN2. The zero-order valence-corrected chi connectivity index (χ0v) is 12.1. The molecule has 3 rings (SSSR count). The van der Waals surface area contributed by atoms with Crippen LogP contribution in [-0.4, -0.2) is 17.5 Å². The lowest BCUT2D eigenvalue weighted by Crippen LogP contribution is -2.16. The molecule has 1 heterocycles. The maximum atomic E-state index is 12.5. The molecule has 124 valence electrons. The summed E-state index contributed by atoms with van der Waals surface area (Å²) in [6.45, 7) is 0.128. The summed E-state index contributed by atoms with van der Waals surface area (Å²) < 4.78 is 0. The number of nitrogens with one attached hydrogen (secondary N) is 3. The number of hydrogen-bond acceptors (Lipinski definition) is 8. The van der Waals surface area contributed by atoms with Crippen LogP contribution < -0.4 is 21.2 Å². The molecule has 24 heavy (non-hydrogen) atoms. The maximum Gasteiger partial charge on any atom is 0.286 e. The Hall–Kier alpha value is -3.37. The Bertz CT molecular complexity index is 809. The van der Waals surface area contributed by atoms with E-state index in [0.717, 1.165) is 6.07 Å². The summed E-state index contributed by atoms with van der Waals surface area (Å²) in [5, 5.41) is 40.8. The second kappa shape index (κ2) is 6.02. The normalized spacial score (nSPS) is 11.9. The van der Waals surface area contributed by atoms with Gasteiger partial charge in [0.25, 0.3) is 11.6 Å². The van der Waals surface area contributed by atoms with Crippen molar-refractivity contribution in [3.63, 3.8) is 0 Å². The van der Waals surface area contributed by atoms with Gasteiger partial charge in [0.15, 0.2) is 0 Å². The van der Waals surface area contributed by atoms with Crippen molar-refractivity contribution in [3.8, 4) is 0 Å². The molecule has 2 aromatic carbocycles. The summed E-state index contributed by atoms with van der Waals surface area (Å²) >= 11 is 0. The number of nitro groups is 1. The van der Waals surface area contributed by atoms with E-state index in [1.54, 1.807) is 30.3 Å². The first-order chi connectivity index (χ1) is 11.5. The van der Waals surface area contributed by atoms with Crippen molar-refractivity contribution in [2.24, 2.45) is 0 Å². The maximum absolute atomic E-state index is 12.5. The molecule has 1 amide bonds. The summed E-state index contributed by atoms with van der Waals surface area (Å²) in [4.78, 5) is 23.0. The van der Waals surface area contributed by atoms with Crippen LogP contribution in [0.2, 0.25) is 0 Å². The van der Waals surface area contributed by atoms with Gasteiger partial charge < -0.3 is 31.6 Å². The highest BCUT2D eigenvalue weighted by atomic mass is 16.8. The topological polar surface area (TPSA) is 146 Å². The van der Waals surface area contributed by atoms with Crippen LogP contribution in [-0.2, 0) is 0 Å². The Kier molecular flexibility index (Phi) is 3.90. The first kappa shape index (κ1) is 15.5. The third-order valence-electron chi connectivity index (χ3n) is 3.47. The Morgan fingerprint density at radius 3 is 2.46 bits per heavy atom. The van der Waals surface area contributed by atoms with E-state index >= 15 is 0 Å². The Morgan fingerprint density at radius 2 is 1.83 bits per heavy atom. The fourth-order valence-corrected chi connectivity index (χ4v) is 2.46. The van der Waals surface area contributed by atoms with E-state index in [4.69, 9.17) is 0 Å². The van der Waals surface area contributed by atoms with E-state index in [0.29, 0.717) is 5.69 Å². The molecule has 0 saturated carbocycles. The molecule has 0 fully saturated rings. The lowest BCUT2D eigenvalue weighted by atomic mass is 10.1. The van der Waals surface area contributed by atoms with Gasteiger partial charge in [-0.1, -0.05) is 18.2 Å². The number of nitrogens with zero attached hydrogens (tertiary/aromatic N) is 2. The van der Waals surface area contributed by atoms with Gasteiger partial charge >= 0.3 is 0 Å². The average Bonchev–Trinajstić information content (AvgIpc) is 3.02. The van der Waals surface area contributed by atoms with Crippen molar-refractivity contribution < 1.29 is 9.72 Å². The summed E-state index contributed by atoms with van der Waals surface area (Å²) in [6, 6.07) is 9.20. The molecular formula is C14H11N5O5-2. The highest BCUT2D eigenvalue weighted by Crippen LogP contribution is 2.44. The number of rotatable bonds is 4. The van der Waals surface area contributed by atoms with Crippen LogP contribution in [0.5, 0.6) is 0 Å². The molecule has 1 aliphatic rings. The average molecular weight is 329 g/mol. The fraction of sp³-hybridized carbons (Fsp3) is 0.0714. The van der Waals surface area contributed by atoms with E-state index < -0.39 is 27.4 Å². The van der Waals surface area contributed by atoms with Crippen LogP contribution in [0.25, 0.3) is 0 Å². The minimum atomic E-state index is -0.812. The van der Waals surface area contributed by atoms with Gasteiger partial charge in [0.1, 0.15) is 5.56 Å². The molecule has 0 saturated heterocycles. The third kappa shape index (κ3) is 2.66. The molecular weight excluding hydrogens is 318 g/mol. The van der Waals surface area contributed by atoms with Crippen LogP contribution in [0, 0.1) is 20.5 Å². The molecule has 3 N–H and O–H groups in total. The largest absolute Gasteiger partial charge is 0.769 e. The van der Waals surface area contributed by atoms with Gasteiger partial charge in [-0.3, -0.25) is 14.9 Å². The van der Waals surface area contributed by atoms with Gasteiger partial charge in [-0.05, 0) is 12.1 Å². The second-order valence-electron chi connectivity index (χ2n) is 4.90. The predicted molar refractivity (Wildman–Crippen MR) is 88.8 cm³/mol. The van der Waals surface area contributed by atoms with Gasteiger partial charge in [0.2, 0.25) is 0 Å². The molecule has 10 heteroatoms. The van der Waals surface area contributed by atoms with Crippen molar-refractivity contribution in [1.29, 1.82) is 0 Å². The lowest BCUT2D eigenvalue weighted by molar-refractivity contribution is -0.385. The Balaban J connectivity index is 2.11. The zero-order valence-electron chi connectivity index (χ0n) is 12.1. The smallest absolute Gasteiger partial charge is 0.286 e. The number of anilines is 4. The van der Waals surface area contributed by atoms with E-state index in [9.17, 15) is 25.3 Å². The minimum absolute atomic E-state index is 0.0457. The summed E-state index contributed by atoms with van der Waals surface area (Å²) in [7, 11) is 0. The molecule has 0 bridgehead atoms. The van der Waals surface area contributed by atoms with Crippen molar-refractivity contribution in [1.82, 2.24) is 0 Å². The van der Waals surface area contributed by atoms with Crippen LogP contribution in [0.1, 0.15) is 10.4 Å². The van der Waals surface area contributed by atoms with Crippen LogP contribution >= 0.6 is 0 Å². The van der Waals surface area contributed by atoms with Gasteiger partial charge in [-0.25, -0.2) is 0 Å². The number of amides is 1. The predicted octanol–water partition coefficient (Wildman–Crippen LogP) is 2.44. The Morgan fingerprint density at radius 1 is 1.17 bits per heavy atom. The number of para-hydroxylation sites is 1. The van der Waals surface area contributed by atoms with Crippen LogP contribution in [0.4, 0.5) is 28.4 Å². The standard InChI is InChI=1S/C14H11N5O5/c20-14(17-8-4-2-1-3-5-8)11-9(18(21)22)6-10(19(23)24)12-13(11)16-7-15-12/h1-6,15-16H,7H2,(H,17,20)/q-2. The fourth-order valence-electron chi connectivity index (χ4n) is 2.46. The monoisotopic (exact) mass is 329 g/mol. The summed E-state index contributed by atoms with van der Waals surface area (Å²) in [6.07, 6.45) is 0. The number of fused-ring (bicyclic) bond motifs is 1. The quantitative estimate of drug-likeness (QED) is 0.572. The molecule has 0 aliphatic carbocycles. The minimum Gasteiger partial charge on any atom is -0.769 e. The van der Waals surface area contributed by atoms with Crippen LogP contribution in [0.15, 0.2) is 36.4 Å². The molecule has 0 aromatic heterocycles. The molecule has 0 radical (unpaired) electrons. The molecule has 1 aliphatic heterocycles. The van der Waals surface area contributed by atoms with E-state index in [-0.39, 0.29) is 23.6 Å². The van der Waals surface area contributed by atoms with Crippen molar-refractivity contribution in [2.45, 2.75) is 0 Å². The molecule has 10 nitrogen and oxygen atoms in total.